The van der Waals surface area contributed by atoms with E-state index in [1.165, 1.54) is 0 Å². The molecule has 1 atom stereocenters. The van der Waals surface area contributed by atoms with Crippen LogP contribution in [0.5, 0.6) is 11.5 Å². The lowest BCUT2D eigenvalue weighted by Gasteiger charge is -2.18. The summed E-state index contributed by atoms with van der Waals surface area (Å²) in [6, 6.07) is 16.0. The predicted octanol–water partition coefficient (Wildman–Crippen LogP) is 4.29. The predicted molar refractivity (Wildman–Crippen MR) is 118 cm³/mol. The highest BCUT2D eigenvalue weighted by Gasteiger charge is 2.27. The van der Waals surface area contributed by atoms with Gasteiger partial charge in [-0.2, -0.15) is 4.98 Å². The summed E-state index contributed by atoms with van der Waals surface area (Å²) in [5.41, 5.74) is 1.71. The summed E-state index contributed by atoms with van der Waals surface area (Å²) in [5.74, 6) is 2.15. The van der Waals surface area contributed by atoms with Crippen LogP contribution in [-0.2, 0) is 0 Å². The number of carbonyl (C=O) groups excluding carboxylic acids is 1. The number of rotatable bonds is 6. The fourth-order valence-corrected chi connectivity index (χ4v) is 3.51. The SMILES string of the molecule is CC(C)C(NC(=O)c1cc(-c2ccc3c(c2)OCCO3)on1)c1nc(-c2ccccc2)no1. The summed E-state index contributed by atoms with van der Waals surface area (Å²) in [6.07, 6.45) is 0. The molecule has 0 spiro atoms. The molecule has 1 amide bonds. The summed E-state index contributed by atoms with van der Waals surface area (Å²) in [6.45, 7) is 4.92. The maximum Gasteiger partial charge on any atom is 0.274 e. The first-order valence-corrected chi connectivity index (χ1v) is 10.6. The van der Waals surface area contributed by atoms with E-state index in [2.05, 4.69) is 20.6 Å². The maximum absolute atomic E-state index is 12.9. The van der Waals surface area contributed by atoms with Gasteiger partial charge in [-0.15, -0.1) is 0 Å². The Kier molecular flexibility index (Phi) is 5.52. The number of nitrogens with zero attached hydrogens (tertiary/aromatic N) is 3. The van der Waals surface area contributed by atoms with E-state index in [4.69, 9.17) is 18.5 Å². The fraction of sp³-hybridized carbons (Fsp3) is 0.250. The fourth-order valence-electron chi connectivity index (χ4n) is 3.51. The zero-order valence-electron chi connectivity index (χ0n) is 18.1. The van der Waals surface area contributed by atoms with Crippen molar-refractivity contribution in [2.24, 2.45) is 5.92 Å². The van der Waals surface area contributed by atoms with Gasteiger partial charge in [0.1, 0.15) is 19.3 Å². The van der Waals surface area contributed by atoms with Crippen molar-refractivity contribution in [3.8, 4) is 34.2 Å². The van der Waals surface area contributed by atoms with Gasteiger partial charge in [0.25, 0.3) is 5.91 Å². The van der Waals surface area contributed by atoms with Crippen LogP contribution in [-0.4, -0.2) is 34.4 Å². The lowest BCUT2D eigenvalue weighted by atomic mass is 10.0. The molecule has 0 bridgehead atoms. The molecule has 0 saturated heterocycles. The van der Waals surface area contributed by atoms with Gasteiger partial charge in [-0.1, -0.05) is 54.5 Å². The van der Waals surface area contributed by atoms with Crippen molar-refractivity contribution in [3.05, 3.63) is 66.2 Å². The maximum atomic E-state index is 12.9. The molecule has 2 aromatic heterocycles. The number of ether oxygens (including phenoxy) is 2. The van der Waals surface area contributed by atoms with Crippen molar-refractivity contribution in [1.82, 2.24) is 20.6 Å². The number of benzene rings is 2. The third-order valence-corrected chi connectivity index (χ3v) is 5.26. The van der Waals surface area contributed by atoms with Gasteiger partial charge >= 0.3 is 0 Å². The first-order chi connectivity index (χ1) is 16.1. The molecule has 0 fully saturated rings. The average molecular weight is 446 g/mol. The van der Waals surface area contributed by atoms with Gasteiger partial charge in [0.2, 0.25) is 11.7 Å². The highest BCUT2D eigenvalue weighted by molar-refractivity contribution is 5.93. The molecule has 1 aliphatic heterocycles. The summed E-state index contributed by atoms with van der Waals surface area (Å²) >= 11 is 0. The first-order valence-electron chi connectivity index (χ1n) is 10.6. The Hall–Kier alpha value is -4.14. The second kappa shape index (κ2) is 8.78. The Morgan fingerprint density at radius 1 is 0.909 bits per heavy atom. The van der Waals surface area contributed by atoms with Crippen molar-refractivity contribution in [2.75, 3.05) is 13.2 Å². The van der Waals surface area contributed by atoms with E-state index in [0.717, 1.165) is 11.1 Å². The zero-order chi connectivity index (χ0) is 22.8. The minimum Gasteiger partial charge on any atom is -0.486 e. The van der Waals surface area contributed by atoms with Gasteiger partial charge in [-0.25, -0.2) is 0 Å². The summed E-state index contributed by atoms with van der Waals surface area (Å²) in [4.78, 5) is 17.4. The Morgan fingerprint density at radius 2 is 1.70 bits per heavy atom. The van der Waals surface area contributed by atoms with E-state index in [9.17, 15) is 4.79 Å². The van der Waals surface area contributed by atoms with Crippen molar-refractivity contribution >= 4 is 5.91 Å². The normalized spacial score (nSPS) is 13.7. The molecule has 9 nitrogen and oxygen atoms in total. The molecule has 4 aromatic rings. The van der Waals surface area contributed by atoms with Crippen LogP contribution >= 0.6 is 0 Å². The Labute approximate surface area is 189 Å². The van der Waals surface area contributed by atoms with Crippen LogP contribution in [0, 0.1) is 5.92 Å². The van der Waals surface area contributed by atoms with Gasteiger partial charge in [0.05, 0.1) is 0 Å². The van der Waals surface area contributed by atoms with E-state index >= 15 is 0 Å². The summed E-state index contributed by atoms with van der Waals surface area (Å²) in [7, 11) is 0. The van der Waals surface area contributed by atoms with Gasteiger partial charge in [-0.05, 0) is 24.1 Å². The van der Waals surface area contributed by atoms with Gasteiger partial charge in [0.15, 0.2) is 23.0 Å². The van der Waals surface area contributed by atoms with Crippen molar-refractivity contribution in [3.63, 3.8) is 0 Å². The molecule has 0 saturated carbocycles. The van der Waals surface area contributed by atoms with E-state index in [1.807, 2.05) is 50.2 Å². The topological polar surface area (TPSA) is 113 Å². The Balaban J connectivity index is 1.33. The molecular weight excluding hydrogens is 424 g/mol. The molecule has 5 rings (SSSR count). The van der Waals surface area contributed by atoms with E-state index in [-0.39, 0.29) is 11.6 Å². The molecule has 2 aromatic carbocycles. The molecule has 33 heavy (non-hydrogen) atoms. The van der Waals surface area contributed by atoms with Crippen molar-refractivity contribution in [1.29, 1.82) is 0 Å². The van der Waals surface area contributed by atoms with E-state index in [1.54, 1.807) is 18.2 Å². The van der Waals surface area contributed by atoms with Gasteiger partial charge < -0.3 is 23.8 Å². The minimum absolute atomic E-state index is 0.00203. The molecule has 168 valence electrons. The third-order valence-electron chi connectivity index (χ3n) is 5.26. The standard InChI is InChI=1S/C24H22N4O5/c1-14(2)21(24-26-22(28-33-24)15-6-4-3-5-7-15)25-23(29)17-13-19(32-27-17)16-8-9-18-20(12-16)31-11-10-30-18/h3-9,12-14,21H,10-11H2,1-2H3,(H,25,29). The number of hydrogen-bond donors (Lipinski definition) is 1. The van der Waals surface area contributed by atoms with Crippen LogP contribution in [0.15, 0.2) is 63.6 Å². The van der Waals surface area contributed by atoms with E-state index in [0.29, 0.717) is 42.2 Å². The largest absolute Gasteiger partial charge is 0.486 e. The van der Waals surface area contributed by atoms with Crippen LogP contribution in [0.3, 0.4) is 0 Å². The Morgan fingerprint density at radius 3 is 2.48 bits per heavy atom. The lowest BCUT2D eigenvalue weighted by molar-refractivity contribution is 0.0904. The first kappa shape index (κ1) is 20.7. The molecule has 0 aliphatic carbocycles. The summed E-state index contributed by atoms with van der Waals surface area (Å²) in [5, 5.41) is 10.9. The molecule has 3 heterocycles. The van der Waals surface area contributed by atoms with Crippen LogP contribution < -0.4 is 14.8 Å². The zero-order valence-corrected chi connectivity index (χ0v) is 18.1. The highest BCUT2D eigenvalue weighted by Crippen LogP contribution is 2.34. The second-order valence-corrected chi connectivity index (χ2v) is 7.95. The third kappa shape index (κ3) is 4.30. The minimum atomic E-state index is -0.489. The molecule has 1 aliphatic rings. The number of amides is 1. The second-order valence-electron chi connectivity index (χ2n) is 7.95. The molecule has 0 radical (unpaired) electrons. The van der Waals surface area contributed by atoms with E-state index < -0.39 is 11.9 Å². The number of hydrogen-bond acceptors (Lipinski definition) is 8. The quantitative estimate of drug-likeness (QED) is 0.467. The van der Waals surface area contributed by atoms with Gasteiger partial charge in [-0.3, -0.25) is 4.79 Å². The van der Waals surface area contributed by atoms with Crippen molar-refractivity contribution in [2.45, 2.75) is 19.9 Å². The van der Waals surface area contributed by atoms with Gasteiger partial charge in [0, 0.05) is 17.2 Å². The van der Waals surface area contributed by atoms with Crippen LogP contribution in [0.4, 0.5) is 0 Å². The number of carbonyl (C=O) groups is 1. The molecule has 9 heteroatoms. The monoisotopic (exact) mass is 446 g/mol. The van der Waals surface area contributed by atoms with Crippen molar-refractivity contribution < 1.29 is 23.3 Å². The number of aromatic nitrogens is 3. The lowest BCUT2D eigenvalue weighted by Crippen LogP contribution is -2.32. The van der Waals surface area contributed by atoms with Crippen LogP contribution in [0.1, 0.15) is 36.3 Å². The molecular formula is C24H22N4O5. The molecule has 1 N–H and O–H groups in total. The highest BCUT2D eigenvalue weighted by atomic mass is 16.6. The Bertz CT molecular complexity index is 1260. The number of nitrogens with one attached hydrogen (secondary N) is 1. The number of fused-ring (bicyclic) bond motifs is 1. The molecule has 1 unspecified atom stereocenters. The average Bonchev–Trinajstić information content (AvgIpc) is 3.53. The van der Waals surface area contributed by atoms with Crippen LogP contribution in [0.2, 0.25) is 0 Å². The van der Waals surface area contributed by atoms with Crippen LogP contribution in [0.25, 0.3) is 22.7 Å². The summed E-state index contributed by atoms with van der Waals surface area (Å²) < 4.78 is 22.0. The smallest absolute Gasteiger partial charge is 0.274 e.